The van der Waals surface area contributed by atoms with Crippen LogP contribution in [0.5, 0.6) is 0 Å². The zero-order chi connectivity index (χ0) is 23.7. The molecule has 8 nitrogen and oxygen atoms in total. The molecule has 0 radical (unpaired) electrons. The number of benzene rings is 3. The fourth-order valence-corrected chi connectivity index (χ4v) is 4.30. The molecule has 0 bridgehead atoms. The predicted octanol–water partition coefficient (Wildman–Crippen LogP) is 5.14. The third-order valence-corrected chi connectivity index (χ3v) is 6.18. The van der Waals surface area contributed by atoms with Crippen molar-refractivity contribution in [2.45, 2.75) is 32.7 Å². The Morgan fingerprint density at radius 2 is 1.88 bits per heavy atom. The number of carbonyl (C=O) groups is 1. The second-order valence-corrected chi connectivity index (χ2v) is 8.33. The van der Waals surface area contributed by atoms with Gasteiger partial charge in [0.25, 0.3) is 0 Å². The van der Waals surface area contributed by atoms with E-state index in [1.165, 1.54) is 0 Å². The normalized spacial score (nSPS) is 12.2. The van der Waals surface area contributed by atoms with E-state index in [2.05, 4.69) is 46.6 Å². The number of rotatable bonds is 7. The van der Waals surface area contributed by atoms with Crippen LogP contribution in [0.2, 0.25) is 0 Å². The lowest BCUT2D eigenvalue weighted by atomic mass is 9.97. The topological polar surface area (TPSA) is 110 Å². The van der Waals surface area contributed by atoms with Crippen LogP contribution in [-0.4, -0.2) is 41.3 Å². The van der Waals surface area contributed by atoms with E-state index in [0.29, 0.717) is 23.4 Å². The van der Waals surface area contributed by atoms with Gasteiger partial charge >= 0.3 is 5.97 Å². The summed E-state index contributed by atoms with van der Waals surface area (Å²) >= 11 is 0. The number of fused-ring (bicyclic) bond motifs is 1. The van der Waals surface area contributed by atoms with Crippen molar-refractivity contribution in [2.75, 3.05) is 0 Å². The van der Waals surface area contributed by atoms with Crippen LogP contribution in [0.1, 0.15) is 47.9 Å². The minimum atomic E-state index is -0.964. The van der Waals surface area contributed by atoms with Crippen LogP contribution in [0.15, 0.2) is 66.7 Å². The molecule has 0 aliphatic heterocycles. The third kappa shape index (κ3) is 3.83. The van der Waals surface area contributed by atoms with E-state index in [-0.39, 0.29) is 11.5 Å². The summed E-state index contributed by atoms with van der Waals surface area (Å²) in [6.45, 7) is 4.69. The van der Waals surface area contributed by atoms with Crippen molar-refractivity contribution in [3.05, 3.63) is 83.7 Å². The Morgan fingerprint density at radius 3 is 2.59 bits per heavy atom. The van der Waals surface area contributed by atoms with Crippen molar-refractivity contribution < 1.29 is 9.90 Å². The summed E-state index contributed by atoms with van der Waals surface area (Å²) in [5.74, 6) is 0.590. The van der Waals surface area contributed by atoms with Gasteiger partial charge in [0.15, 0.2) is 0 Å². The molecule has 0 aliphatic rings. The SMILES string of the molecule is CCC(C)c1nc2cccc(C(=O)O)c2n1Cc1ccc(-c2ccccc2)c(-c2nn[nH]n2)c1. The number of H-pyrrole nitrogens is 1. The molecule has 2 aromatic heterocycles. The molecule has 2 heterocycles. The highest BCUT2D eigenvalue weighted by molar-refractivity contribution is 6.01. The van der Waals surface area contributed by atoms with Gasteiger partial charge in [-0.05, 0) is 46.5 Å². The number of hydrogen-bond acceptors (Lipinski definition) is 5. The fourth-order valence-electron chi connectivity index (χ4n) is 4.30. The molecular formula is C26H24N6O2. The lowest BCUT2D eigenvalue weighted by molar-refractivity contribution is 0.0698. The molecular weight excluding hydrogens is 428 g/mol. The zero-order valence-corrected chi connectivity index (χ0v) is 18.9. The number of carboxylic acid groups (broad SMARTS) is 1. The summed E-state index contributed by atoms with van der Waals surface area (Å²) < 4.78 is 2.03. The minimum Gasteiger partial charge on any atom is -0.478 e. The Hall–Kier alpha value is -4.33. The first-order chi connectivity index (χ1) is 16.6. The quantitative estimate of drug-likeness (QED) is 0.354. The zero-order valence-electron chi connectivity index (χ0n) is 18.9. The van der Waals surface area contributed by atoms with Gasteiger partial charge in [-0.3, -0.25) is 0 Å². The summed E-state index contributed by atoms with van der Waals surface area (Å²) in [4.78, 5) is 16.8. The second kappa shape index (κ2) is 8.90. The molecule has 8 heteroatoms. The van der Waals surface area contributed by atoms with Crippen LogP contribution in [0.4, 0.5) is 0 Å². The highest BCUT2D eigenvalue weighted by atomic mass is 16.4. The Balaban J connectivity index is 1.67. The molecule has 34 heavy (non-hydrogen) atoms. The first-order valence-electron chi connectivity index (χ1n) is 11.2. The van der Waals surface area contributed by atoms with Crippen molar-refractivity contribution in [3.63, 3.8) is 0 Å². The number of nitrogens with one attached hydrogen (secondary N) is 1. The van der Waals surface area contributed by atoms with Crippen molar-refractivity contribution in [2.24, 2.45) is 0 Å². The number of nitrogens with zero attached hydrogens (tertiary/aromatic N) is 5. The first-order valence-corrected chi connectivity index (χ1v) is 11.2. The Kier molecular flexibility index (Phi) is 5.63. The standard InChI is InChI=1S/C26H24N6O2/c1-3-16(2)25-27-22-11-7-10-20(26(33)34)23(22)32(25)15-17-12-13-19(18-8-5-4-6-9-18)21(14-17)24-28-30-31-29-24/h4-14,16H,3,15H2,1-2H3,(H,33,34)(H,28,29,30,31). The minimum absolute atomic E-state index is 0.175. The number of carboxylic acids is 1. The van der Waals surface area contributed by atoms with Crippen molar-refractivity contribution in [1.82, 2.24) is 30.2 Å². The highest BCUT2D eigenvalue weighted by Crippen LogP contribution is 2.33. The van der Waals surface area contributed by atoms with E-state index in [1.807, 2.05) is 47.0 Å². The molecule has 0 aliphatic carbocycles. The highest BCUT2D eigenvalue weighted by Gasteiger charge is 2.21. The van der Waals surface area contributed by atoms with Crippen LogP contribution in [0, 0.1) is 0 Å². The van der Waals surface area contributed by atoms with Gasteiger partial charge in [-0.15, -0.1) is 10.2 Å². The lowest BCUT2D eigenvalue weighted by Crippen LogP contribution is -2.10. The number of aromatic amines is 1. The molecule has 0 saturated carbocycles. The average Bonchev–Trinajstić information content (AvgIpc) is 3.53. The van der Waals surface area contributed by atoms with Gasteiger partial charge in [0.1, 0.15) is 5.82 Å². The van der Waals surface area contributed by atoms with Crippen LogP contribution in [0.3, 0.4) is 0 Å². The number of aromatic nitrogens is 6. The van der Waals surface area contributed by atoms with Gasteiger partial charge in [-0.1, -0.05) is 62.4 Å². The number of para-hydroxylation sites is 1. The molecule has 2 N–H and O–H groups in total. The monoisotopic (exact) mass is 452 g/mol. The van der Waals surface area contributed by atoms with E-state index < -0.39 is 5.97 Å². The smallest absolute Gasteiger partial charge is 0.337 e. The molecule has 1 unspecified atom stereocenters. The number of hydrogen-bond donors (Lipinski definition) is 2. The maximum atomic E-state index is 12.0. The van der Waals surface area contributed by atoms with Crippen LogP contribution in [-0.2, 0) is 6.54 Å². The summed E-state index contributed by atoms with van der Waals surface area (Å²) in [5, 5.41) is 24.5. The van der Waals surface area contributed by atoms with Gasteiger partial charge in [0, 0.05) is 18.0 Å². The molecule has 0 saturated heterocycles. The Bertz CT molecular complexity index is 1460. The van der Waals surface area contributed by atoms with E-state index in [0.717, 1.165) is 34.5 Å². The molecule has 1 atom stereocenters. The Morgan fingerprint density at radius 1 is 1.06 bits per heavy atom. The summed E-state index contributed by atoms with van der Waals surface area (Å²) in [7, 11) is 0. The first kappa shape index (κ1) is 21.5. The molecule has 0 fully saturated rings. The van der Waals surface area contributed by atoms with Crippen molar-refractivity contribution in [3.8, 4) is 22.5 Å². The van der Waals surface area contributed by atoms with E-state index in [1.54, 1.807) is 12.1 Å². The van der Waals surface area contributed by atoms with Crippen LogP contribution < -0.4 is 0 Å². The molecule has 0 amide bonds. The maximum Gasteiger partial charge on any atom is 0.337 e. The van der Waals surface area contributed by atoms with E-state index >= 15 is 0 Å². The molecule has 0 spiro atoms. The predicted molar refractivity (Wildman–Crippen MR) is 130 cm³/mol. The number of imidazole rings is 1. The molecule has 5 rings (SSSR count). The average molecular weight is 453 g/mol. The lowest BCUT2D eigenvalue weighted by Gasteiger charge is -2.16. The van der Waals surface area contributed by atoms with Gasteiger partial charge in [-0.2, -0.15) is 5.21 Å². The molecule has 170 valence electrons. The molecule has 5 aromatic rings. The largest absolute Gasteiger partial charge is 0.478 e. The second-order valence-electron chi connectivity index (χ2n) is 8.33. The van der Waals surface area contributed by atoms with Gasteiger partial charge < -0.3 is 9.67 Å². The summed E-state index contributed by atoms with van der Waals surface area (Å²) in [6.07, 6.45) is 0.896. The summed E-state index contributed by atoms with van der Waals surface area (Å²) in [5.41, 5.74) is 5.46. The Labute approximate surface area is 196 Å². The number of aromatic carboxylic acids is 1. The third-order valence-electron chi connectivity index (χ3n) is 6.18. The number of tetrazole rings is 1. The van der Waals surface area contributed by atoms with E-state index in [9.17, 15) is 9.90 Å². The van der Waals surface area contributed by atoms with Crippen molar-refractivity contribution >= 4 is 17.0 Å². The van der Waals surface area contributed by atoms with E-state index in [4.69, 9.17) is 4.98 Å². The van der Waals surface area contributed by atoms with Gasteiger partial charge in [-0.25, -0.2) is 9.78 Å². The summed E-state index contributed by atoms with van der Waals surface area (Å²) in [6, 6.07) is 21.4. The van der Waals surface area contributed by atoms with Gasteiger partial charge in [0.05, 0.1) is 16.6 Å². The van der Waals surface area contributed by atoms with Crippen molar-refractivity contribution in [1.29, 1.82) is 0 Å². The van der Waals surface area contributed by atoms with Crippen LogP contribution in [0.25, 0.3) is 33.5 Å². The van der Waals surface area contributed by atoms with Crippen LogP contribution >= 0.6 is 0 Å². The molecule has 3 aromatic carbocycles. The fraction of sp³-hybridized carbons (Fsp3) is 0.192. The maximum absolute atomic E-state index is 12.0. The van der Waals surface area contributed by atoms with Gasteiger partial charge in [0.2, 0.25) is 5.82 Å².